The Balaban J connectivity index is 2.10. The van der Waals surface area contributed by atoms with E-state index < -0.39 is 0 Å². The first-order valence-corrected chi connectivity index (χ1v) is 6.36. The van der Waals surface area contributed by atoms with Crippen LogP contribution in [0.3, 0.4) is 0 Å². The highest BCUT2D eigenvalue weighted by Crippen LogP contribution is 2.23. The van der Waals surface area contributed by atoms with E-state index >= 15 is 0 Å². The van der Waals surface area contributed by atoms with Crippen LogP contribution in [0.15, 0.2) is 66.7 Å². The van der Waals surface area contributed by atoms with Gasteiger partial charge in [-0.2, -0.15) is 0 Å². The molecule has 3 aromatic rings. The molecule has 0 N–H and O–H groups in total. The van der Waals surface area contributed by atoms with Crippen molar-refractivity contribution in [3.05, 3.63) is 83.4 Å². The van der Waals surface area contributed by atoms with Gasteiger partial charge < -0.3 is 0 Å². The third-order valence-corrected chi connectivity index (χ3v) is 3.47. The first-order valence-electron chi connectivity index (χ1n) is 6.36. The summed E-state index contributed by atoms with van der Waals surface area (Å²) in [6, 6.07) is 23.8. The Morgan fingerprint density at radius 3 is 2.22 bits per heavy atom. The normalized spacial score (nSPS) is 10.7. The van der Waals surface area contributed by atoms with E-state index in [2.05, 4.69) is 73.7 Å². The second kappa shape index (κ2) is 4.66. The summed E-state index contributed by atoms with van der Waals surface area (Å²) in [6.07, 6.45) is 1.00. The van der Waals surface area contributed by atoms with Crippen LogP contribution in [0.2, 0.25) is 0 Å². The van der Waals surface area contributed by atoms with Crippen molar-refractivity contribution in [1.29, 1.82) is 0 Å². The highest BCUT2D eigenvalue weighted by Gasteiger charge is 2.03. The molecule has 3 rings (SSSR count). The average Bonchev–Trinajstić information content (AvgIpc) is 2.41. The molecular formula is C18H16. The molecule has 0 aliphatic heterocycles. The van der Waals surface area contributed by atoms with Gasteiger partial charge in [-0.15, -0.1) is 0 Å². The van der Waals surface area contributed by atoms with Crippen LogP contribution in [-0.4, -0.2) is 0 Å². The van der Waals surface area contributed by atoms with Crippen molar-refractivity contribution in [2.24, 2.45) is 0 Å². The van der Waals surface area contributed by atoms with Crippen LogP contribution < -0.4 is 0 Å². The lowest BCUT2D eigenvalue weighted by molar-refractivity contribution is 1.21. The van der Waals surface area contributed by atoms with Gasteiger partial charge in [-0.1, -0.05) is 66.7 Å². The molecule has 0 atom stereocenters. The van der Waals surface area contributed by atoms with Crippen molar-refractivity contribution < 1.29 is 0 Å². The first kappa shape index (κ1) is 11.0. The van der Waals surface area contributed by atoms with E-state index in [1.54, 1.807) is 0 Å². The molecule has 0 nitrogen and oxygen atoms in total. The zero-order chi connectivity index (χ0) is 12.4. The third-order valence-electron chi connectivity index (χ3n) is 3.47. The van der Waals surface area contributed by atoms with Gasteiger partial charge >= 0.3 is 0 Å². The van der Waals surface area contributed by atoms with Crippen LogP contribution in [0, 0.1) is 6.92 Å². The van der Waals surface area contributed by atoms with Crippen LogP contribution >= 0.6 is 0 Å². The fourth-order valence-corrected chi connectivity index (χ4v) is 2.50. The van der Waals surface area contributed by atoms with E-state index in [0.29, 0.717) is 0 Å². The Labute approximate surface area is 108 Å². The Morgan fingerprint density at radius 1 is 0.667 bits per heavy atom. The Kier molecular flexibility index (Phi) is 2.85. The van der Waals surface area contributed by atoms with Crippen molar-refractivity contribution in [3.63, 3.8) is 0 Å². The highest BCUT2D eigenvalue weighted by atomic mass is 14.1. The van der Waals surface area contributed by atoms with E-state index in [-0.39, 0.29) is 0 Å². The van der Waals surface area contributed by atoms with Crippen LogP contribution in [0.25, 0.3) is 10.8 Å². The summed E-state index contributed by atoms with van der Waals surface area (Å²) in [5, 5.41) is 2.74. The molecule has 0 fully saturated rings. The SMILES string of the molecule is Cc1cccc2c(Cc3ccccc3)cccc12. The minimum atomic E-state index is 1.00. The quantitative estimate of drug-likeness (QED) is 0.598. The van der Waals surface area contributed by atoms with Crippen LogP contribution in [0.5, 0.6) is 0 Å². The van der Waals surface area contributed by atoms with Crippen molar-refractivity contribution in [3.8, 4) is 0 Å². The van der Waals surface area contributed by atoms with Crippen molar-refractivity contribution in [2.45, 2.75) is 13.3 Å². The van der Waals surface area contributed by atoms with Crippen LogP contribution in [0.1, 0.15) is 16.7 Å². The lowest BCUT2D eigenvalue weighted by Crippen LogP contribution is -1.90. The minimum absolute atomic E-state index is 1.00. The van der Waals surface area contributed by atoms with E-state index in [1.807, 2.05) is 0 Å². The zero-order valence-corrected chi connectivity index (χ0v) is 10.6. The molecule has 0 amide bonds. The second-order valence-electron chi connectivity index (χ2n) is 4.75. The fourth-order valence-electron chi connectivity index (χ4n) is 2.50. The number of aryl methyl sites for hydroxylation is 1. The van der Waals surface area contributed by atoms with E-state index in [0.717, 1.165) is 6.42 Å². The molecule has 0 aliphatic carbocycles. The first-order chi connectivity index (χ1) is 8.84. The summed E-state index contributed by atoms with van der Waals surface area (Å²) >= 11 is 0. The third kappa shape index (κ3) is 2.02. The zero-order valence-electron chi connectivity index (χ0n) is 10.6. The monoisotopic (exact) mass is 232 g/mol. The highest BCUT2D eigenvalue weighted by molar-refractivity contribution is 5.88. The lowest BCUT2D eigenvalue weighted by atomic mass is 9.96. The van der Waals surface area contributed by atoms with E-state index in [9.17, 15) is 0 Å². The summed E-state index contributed by atoms with van der Waals surface area (Å²) in [4.78, 5) is 0. The van der Waals surface area contributed by atoms with E-state index in [1.165, 1.54) is 27.5 Å². The molecule has 0 saturated carbocycles. The number of benzene rings is 3. The Hall–Kier alpha value is -2.08. The van der Waals surface area contributed by atoms with Gasteiger partial charge in [0.2, 0.25) is 0 Å². The fraction of sp³-hybridized carbons (Fsp3) is 0.111. The standard InChI is InChI=1S/C18H16/c1-14-7-5-12-18-16(10-6-11-17(14)18)13-15-8-3-2-4-9-15/h2-12H,13H2,1H3. The topological polar surface area (TPSA) is 0 Å². The molecule has 88 valence electrons. The van der Waals surface area contributed by atoms with Gasteiger partial charge in [0.15, 0.2) is 0 Å². The summed E-state index contributed by atoms with van der Waals surface area (Å²) < 4.78 is 0. The largest absolute Gasteiger partial charge is 0.0622 e. The maximum absolute atomic E-state index is 2.23. The summed E-state index contributed by atoms with van der Waals surface area (Å²) in [5.74, 6) is 0. The van der Waals surface area contributed by atoms with Crippen LogP contribution in [0.4, 0.5) is 0 Å². The van der Waals surface area contributed by atoms with Gasteiger partial charge in [-0.3, -0.25) is 0 Å². The van der Waals surface area contributed by atoms with E-state index in [4.69, 9.17) is 0 Å². The predicted octanol–water partition coefficient (Wildman–Crippen LogP) is 4.74. The molecular weight excluding hydrogens is 216 g/mol. The second-order valence-corrected chi connectivity index (χ2v) is 4.75. The summed E-state index contributed by atoms with van der Waals surface area (Å²) in [7, 11) is 0. The van der Waals surface area contributed by atoms with Crippen molar-refractivity contribution in [1.82, 2.24) is 0 Å². The maximum atomic E-state index is 2.23. The smallest absolute Gasteiger partial charge is 0.00196 e. The lowest BCUT2D eigenvalue weighted by Gasteiger charge is -2.08. The maximum Gasteiger partial charge on any atom is -0.00196 e. The number of fused-ring (bicyclic) bond motifs is 1. The van der Waals surface area contributed by atoms with Crippen molar-refractivity contribution in [2.75, 3.05) is 0 Å². The summed E-state index contributed by atoms with van der Waals surface area (Å²) in [5.41, 5.74) is 4.12. The molecule has 0 bridgehead atoms. The average molecular weight is 232 g/mol. The van der Waals surface area contributed by atoms with Crippen LogP contribution in [-0.2, 0) is 6.42 Å². The molecule has 0 aliphatic rings. The summed E-state index contributed by atoms with van der Waals surface area (Å²) in [6.45, 7) is 2.18. The molecule has 0 saturated heterocycles. The predicted molar refractivity (Wildman–Crippen MR) is 77.9 cm³/mol. The Bertz CT molecular complexity index is 666. The molecule has 0 aromatic heterocycles. The van der Waals surface area contributed by atoms with Gasteiger partial charge in [-0.05, 0) is 40.8 Å². The number of hydrogen-bond donors (Lipinski definition) is 0. The Morgan fingerprint density at radius 2 is 1.39 bits per heavy atom. The van der Waals surface area contributed by atoms with Gasteiger partial charge in [0.1, 0.15) is 0 Å². The van der Waals surface area contributed by atoms with Gasteiger partial charge in [0.05, 0.1) is 0 Å². The van der Waals surface area contributed by atoms with Crippen molar-refractivity contribution >= 4 is 10.8 Å². The number of hydrogen-bond acceptors (Lipinski definition) is 0. The molecule has 3 aromatic carbocycles. The van der Waals surface area contributed by atoms with Gasteiger partial charge in [-0.25, -0.2) is 0 Å². The molecule has 0 heteroatoms. The molecule has 0 spiro atoms. The van der Waals surface area contributed by atoms with Gasteiger partial charge in [0, 0.05) is 0 Å². The van der Waals surface area contributed by atoms with Gasteiger partial charge in [0.25, 0.3) is 0 Å². The minimum Gasteiger partial charge on any atom is -0.0622 e. The molecule has 18 heavy (non-hydrogen) atoms. The molecule has 0 unspecified atom stereocenters. The number of rotatable bonds is 2. The molecule has 0 heterocycles. The molecule has 0 radical (unpaired) electrons.